The number of carbonyl (C=O) groups is 2. The number of ether oxygens (including phenoxy) is 1. The zero-order chi connectivity index (χ0) is 8.85. The van der Waals surface area contributed by atoms with Gasteiger partial charge < -0.3 is 9.64 Å². The summed E-state index contributed by atoms with van der Waals surface area (Å²) in [6, 6.07) is 0. The van der Waals surface area contributed by atoms with Crippen molar-refractivity contribution in [3.8, 4) is 0 Å². The van der Waals surface area contributed by atoms with Crippen molar-refractivity contribution in [2.75, 3.05) is 20.7 Å². The zero-order valence-electron chi connectivity index (χ0n) is 6.96. The Labute approximate surface area is 66.1 Å². The van der Waals surface area contributed by atoms with E-state index < -0.39 is 5.97 Å². The Kier molecular flexibility index (Phi) is 4.26. The van der Waals surface area contributed by atoms with Crippen molar-refractivity contribution >= 4 is 11.9 Å². The number of rotatable bonds is 3. The molecule has 0 aromatic rings. The van der Waals surface area contributed by atoms with E-state index in [1.807, 2.05) is 0 Å². The van der Waals surface area contributed by atoms with E-state index in [0.29, 0.717) is 0 Å². The molecule has 0 aliphatic carbocycles. The van der Waals surface area contributed by atoms with Gasteiger partial charge in [0, 0.05) is 14.1 Å². The summed E-state index contributed by atoms with van der Waals surface area (Å²) in [5.41, 5.74) is 0. The monoisotopic (exact) mass is 158 g/mol. The van der Waals surface area contributed by atoms with Crippen molar-refractivity contribution in [2.45, 2.75) is 6.92 Å². The molecule has 1 radical (unpaired) electrons. The van der Waals surface area contributed by atoms with Gasteiger partial charge in [-0.05, 0) is 0 Å². The second kappa shape index (κ2) is 4.71. The van der Waals surface area contributed by atoms with Gasteiger partial charge in [-0.3, -0.25) is 9.59 Å². The van der Waals surface area contributed by atoms with Gasteiger partial charge in [0.15, 0.2) is 6.61 Å². The maximum Gasteiger partial charge on any atom is 0.310 e. The third kappa shape index (κ3) is 4.36. The molecule has 63 valence electrons. The molecule has 0 saturated carbocycles. The van der Waals surface area contributed by atoms with Crippen molar-refractivity contribution in [2.24, 2.45) is 0 Å². The molecule has 0 spiro atoms. The first-order valence-electron chi connectivity index (χ1n) is 3.24. The van der Waals surface area contributed by atoms with Gasteiger partial charge in [0.05, 0.1) is 6.42 Å². The average Bonchev–Trinajstić information content (AvgIpc) is 1.99. The summed E-state index contributed by atoms with van der Waals surface area (Å²) in [5, 5.41) is 0. The van der Waals surface area contributed by atoms with Gasteiger partial charge in [-0.1, -0.05) is 6.92 Å². The Morgan fingerprint density at radius 2 is 2.00 bits per heavy atom. The predicted octanol–water partition coefficient (Wildman–Crippen LogP) is -0.158. The van der Waals surface area contributed by atoms with Crippen LogP contribution in [0.15, 0.2) is 0 Å². The van der Waals surface area contributed by atoms with Crippen LogP contribution in [0.1, 0.15) is 6.92 Å². The topological polar surface area (TPSA) is 46.6 Å². The van der Waals surface area contributed by atoms with Gasteiger partial charge in [0.2, 0.25) is 0 Å². The highest BCUT2D eigenvalue weighted by Gasteiger charge is 2.06. The van der Waals surface area contributed by atoms with Gasteiger partial charge in [-0.15, -0.1) is 0 Å². The third-order valence-corrected chi connectivity index (χ3v) is 1.07. The number of likely N-dealkylation sites (N-methyl/N-ethyl adjacent to an activating group) is 1. The molecule has 11 heavy (non-hydrogen) atoms. The Hall–Kier alpha value is -1.06. The lowest BCUT2D eigenvalue weighted by Crippen LogP contribution is -2.27. The molecule has 0 aliphatic rings. The molecule has 0 saturated heterocycles. The van der Waals surface area contributed by atoms with Gasteiger partial charge >= 0.3 is 5.97 Å². The molecule has 0 rings (SSSR count). The predicted molar refractivity (Wildman–Crippen MR) is 39.6 cm³/mol. The minimum absolute atomic E-state index is 0.184. The Morgan fingerprint density at radius 3 is 2.36 bits per heavy atom. The van der Waals surface area contributed by atoms with Gasteiger partial charge in [0.25, 0.3) is 5.91 Å². The molecular weight excluding hydrogens is 146 g/mol. The molecule has 0 unspecified atom stereocenters. The number of carbonyl (C=O) groups excluding carboxylic acids is 2. The van der Waals surface area contributed by atoms with Crippen molar-refractivity contribution in [1.29, 1.82) is 0 Å². The molecular formula is C7H12NO3. The summed E-state index contributed by atoms with van der Waals surface area (Å²) in [5.74, 6) is -0.694. The Morgan fingerprint density at radius 1 is 1.45 bits per heavy atom. The van der Waals surface area contributed by atoms with E-state index in [1.165, 1.54) is 11.3 Å². The number of hydrogen-bond acceptors (Lipinski definition) is 3. The van der Waals surface area contributed by atoms with Crippen molar-refractivity contribution in [1.82, 2.24) is 4.90 Å². The largest absolute Gasteiger partial charge is 0.455 e. The third-order valence-electron chi connectivity index (χ3n) is 1.07. The fourth-order valence-corrected chi connectivity index (χ4v) is 0.345. The Balaban J connectivity index is 3.54. The first-order chi connectivity index (χ1) is 5.07. The summed E-state index contributed by atoms with van der Waals surface area (Å²) in [4.78, 5) is 22.7. The van der Waals surface area contributed by atoms with E-state index in [0.717, 1.165) is 0 Å². The second-order valence-corrected chi connectivity index (χ2v) is 2.18. The van der Waals surface area contributed by atoms with Crippen LogP contribution in [0.5, 0.6) is 0 Å². The molecule has 0 aliphatic heterocycles. The summed E-state index contributed by atoms with van der Waals surface area (Å²) in [7, 11) is 3.21. The number of nitrogens with zero attached hydrogens (tertiary/aromatic N) is 1. The lowest BCUT2D eigenvalue weighted by atomic mass is 10.5. The number of amides is 1. The molecule has 0 N–H and O–H groups in total. The molecule has 4 nitrogen and oxygen atoms in total. The highest BCUT2D eigenvalue weighted by molar-refractivity contribution is 5.83. The molecule has 0 atom stereocenters. The van der Waals surface area contributed by atoms with Crippen LogP contribution in [0.25, 0.3) is 0 Å². The fourth-order valence-electron chi connectivity index (χ4n) is 0.345. The van der Waals surface area contributed by atoms with Crippen LogP contribution in [0.3, 0.4) is 0 Å². The normalized spacial score (nSPS) is 9.00. The number of hydrogen-bond donors (Lipinski definition) is 0. The lowest BCUT2D eigenvalue weighted by molar-refractivity contribution is -0.148. The van der Waals surface area contributed by atoms with E-state index in [-0.39, 0.29) is 12.5 Å². The van der Waals surface area contributed by atoms with Crippen LogP contribution >= 0.6 is 0 Å². The van der Waals surface area contributed by atoms with E-state index in [2.05, 4.69) is 4.74 Å². The van der Waals surface area contributed by atoms with E-state index in [4.69, 9.17) is 0 Å². The van der Waals surface area contributed by atoms with Crippen LogP contribution in [-0.2, 0) is 14.3 Å². The minimum Gasteiger partial charge on any atom is -0.455 e. The lowest BCUT2D eigenvalue weighted by Gasteiger charge is -2.09. The first-order valence-corrected chi connectivity index (χ1v) is 3.24. The quantitative estimate of drug-likeness (QED) is 0.536. The van der Waals surface area contributed by atoms with Crippen molar-refractivity contribution in [3.63, 3.8) is 0 Å². The van der Waals surface area contributed by atoms with Gasteiger partial charge in [-0.25, -0.2) is 0 Å². The van der Waals surface area contributed by atoms with Gasteiger partial charge in [-0.2, -0.15) is 0 Å². The average molecular weight is 158 g/mol. The molecule has 0 heterocycles. The zero-order valence-corrected chi connectivity index (χ0v) is 6.96. The van der Waals surface area contributed by atoms with Crippen LogP contribution in [0, 0.1) is 6.42 Å². The minimum atomic E-state index is -0.472. The molecule has 1 amide bonds. The van der Waals surface area contributed by atoms with Crippen molar-refractivity contribution < 1.29 is 14.3 Å². The number of esters is 1. The molecule has 4 heteroatoms. The van der Waals surface area contributed by atoms with Gasteiger partial charge in [0.1, 0.15) is 0 Å². The SMILES string of the molecule is C[CH]C(=O)OCC(=O)N(C)C. The van der Waals surface area contributed by atoms with Crippen LogP contribution in [-0.4, -0.2) is 37.5 Å². The summed E-state index contributed by atoms with van der Waals surface area (Å²) >= 11 is 0. The smallest absolute Gasteiger partial charge is 0.310 e. The first kappa shape index (κ1) is 9.94. The molecule has 0 bridgehead atoms. The Bertz CT molecular complexity index is 154. The second-order valence-electron chi connectivity index (χ2n) is 2.18. The molecule has 0 fully saturated rings. The standard InChI is InChI=1S/C7H12NO3/c1-4-7(10)11-5-6(9)8(2)3/h4H,5H2,1-3H3. The van der Waals surface area contributed by atoms with E-state index in [9.17, 15) is 9.59 Å². The molecule has 0 aromatic carbocycles. The van der Waals surface area contributed by atoms with E-state index in [1.54, 1.807) is 21.0 Å². The maximum absolute atomic E-state index is 10.8. The summed E-state index contributed by atoms with van der Waals surface area (Å²) in [6.07, 6.45) is 1.27. The van der Waals surface area contributed by atoms with Crippen LogP contribution in [0.4, 0.5) is 0 Å². The van der Waals surface area contributed by atoms with Crippen LogP contribution < -0.4 is 0 Å². The van der Waals surface area contributed by atoms with Crippen LogP contribution in [0.2, 0.25) is 0 Å². The van der Waals surface area contributed by atoms with Crippen molar-refractivity contribution in [3.05, 3.63) is 6.42 Å². The fraction of sp³-hybridized carbons (Fsp3) is 0.571. The summed E-state index contributed by atoms with van der Waals surface area (Å²) < 4.78 is 4.53. The highest BCUT2D eigenvalue weighted by atomic mass is 16.5. The highest BCUT2D eigenvalue weighted by Crippen LogP contribution is 1.85. The maximum atomic E-state index is 10.8. The molecule has 0 aromatic heterocycles. The summed E-state index contributed by atoms with van der Waals surface area (Å²) in [6.45, 7) is 1.37. The van der Waals surface area contributed by atoms with E-state index >= 15 is 0 Å².